The van der Waals surface area contributed by atoms with Gasteiger partial charge >= 0.3 is 0 Å². The molecule has 1 amide bonds. The van der Waals surface area contributed by atoms with Crippen LogP contribution in [0.2, 0.25) is 0 Å². The molecule has 134 valence electrons. The van der Waals surface area contributed by atoms with E-state index >= 15 is 0 Å². The Balaban J connectivity index is 1.71. The van der Waals surface area contributed by atoms with Crippen molar-refractivity contribution in [1.82, 2.24) is 9.62 Å². The van der Waals surface area contributed by atoms with Gasteiger partial charge in [0.2, 0.25) is 10.0 Å². The highest BCUT2D eigenvalue weighted by Crippen LogP contribution is 2.43. The zero-order valence-corrected chi connectivity index (χ0v) is 14.9. The first-order valence-corrected chi connectivity index (χ1v) is 10.1. The van der Waals surface area contributed by atoms with Gasteiger partial charge in [-0.25, -0.2) is 13.1 Å². The number of piperidine rings is 1. The number of carbonyl (C=O) groups excluding carboxylic acids is 1. The van der Waals surface area contributed by atoms with Crippen LogP contribution in [0.25, 0.3) is 0 Å². The lowest BCUT2D eigenvalue weighted by Gasteiger charge is -2.43. The molecule has 0 unspecified atom stereocenters. The molecule has 2 fully saturated rings. The van der Waals surface area contributed by atoms with Gasteiger partial charge in [-0.05, 0) is 38.3 Å². The average molecular weight is 356 g/mol. The standard InChI is InChI=1S/C16H24N2O5S/c1-12-3-4-13(23-12)15(19)18-9-5-14-16(11-18,7-10-22-14)6-8-17-24(2,20)21/h3-4,14,17H,5-11H2,1-2H3/t14-,16+/m0/s1. The first-order valence-electron chi connectivity index (χ1n) is 8.21. The predicted molar refractivity (Wildman–Crippen MR) is 88.2 cm³/mol. The van der Waals surface area contributed by atoms with Gasteiger partial charge in [-0.3, -0.25) is 4.79 Å². The van der Waals surface area contributed by atoms with Gasteiger partial charge in [-0.1, -0.05) is 0 Å². The average Bonchev–Trinajstić information content (AvgIpc) is 3.10. The van der Waals surface area contributed by atoms with Crippen LogP contribution in [0.1, 0.15) is 35.6 Å². The van der Waals surface area contributed by atoms with Gasteiger partial charge in [0.05, 0.1) is 12.4 Å². The SMILES string of the molecule is Cc1ccc(C(=O)N2CC[C@@H]3OCC[C@]3(CCNS(C)(=O)=O)C2)o1. The molecule has 2 atom stereocenters. The highest BCUT2D eigenvalue weighted by atomic mass is 32.2. The van der Waals surface area contributed by atoms with Crippen LogP contribution >= 0.6 is 0 Å². The van der Waals surface area contributed by atoms with Crippen LogP contribution in [0.3, 0.4) is 0 Å². The minimum atomic E-state index is -3.21. The second-order valence-electron chi connectivity index (χ2n) is 6.81. The third-order valence-corrected chi connectivity index (χ3v) is 5.72. The van der Waals surface area contributed by atoms with E-state index in [1.165, 1.54) is 0 Å². The molecule has 0 saturated carbocycles. The molecule has 3 heterocycles. The quantitative estimate of drug-likeness (QED) is 0.855. The molecule has 0 bridgehead atoms. The van der Waals surface area contributed by atoms with Crippen molar-refractivity contribution in [1.29, 1.82) is 0 Å². The predicted octanol–water partition coefficient (Wildman–Crippen LogP) is 1.15. The Hall–Kier alpha value is -1.38. The molecule has 2 aliphatic heterocycles. The number of carbonyl (C=O) groups is 1. The normalized spacial score (nSPS) is 27.2. The number of hydrogen-bond acceptors (Lipinski definition) is 5. The topological polar surface area (TPSA) is 88.9 Å². The number of aryl methyl sites for hydroxylation is 1. The molecule has 0 spiro atoms. The number of amides is 1. The number of nitrogens with zero attached hydrogens (tertiary/aromatic N) is 1. The second kappa shape index (κ2) is 6.50. The van der Waals surface area contributed by atoms with E-state index in [1.807, 2.05) is 11.8 Å². The molecular formula is C16H24N2O5S. The zero-order valence-electron chi connectivity index (χ0n) is 14.1. The molecule has 1 N–H and O–H groups in total. The summed E-state index contributed by atoms with van der Waals surface area (Å²) in [5.74, 6) is 0.961. The smallest absolute Gasteiger partial charge is 0.289 e. The molecule has 0 radical (unpaired) electrons. The summed E-state index contributed by atoms with van der Waals surface area (Å²) in [7, 11) is -3.21. The molecule has 8 heteroatoms. The summed E-state index contributed by atoms with van der Waals surface area (Å²) in [6, 6.07) is 3.48. The number of likely N-dealkylation sites (tertiary alicyclic amines) is 1. The van der Waals surface area contributed by atoms with Gasteiger partial charge in [0.25, 0.3) is 5.91 Å². The number of sulfonamides is 1. The summed E-state index contributed by atoms with van der Waals surface area (Å²) in [5.41, 5.74) is -0.187. The molecule has 7 nitrogen and oxygen atoms in total. The van der Waals surface area contributed by atoms with Crippen LogP contribution in [0.5, 0.6) is 0 Å². The van der Waals surface area contributed by atoms with Crippen LogP contribution in [0.15, 0.2) is 16.5 Å². The molecule has 1 aromatic rings. The van der Waals surface area contributed by atoms with Crippen LogP contribution < -0.4 is 4.72 Å². The van der Waals surface area contributed by atoms with Gasteiger partial charge in [-0.15, -0.1) is 0 Å². The van der Waals surface area contributed by atoms with Crippen molar-refractivity contribution in [3.05, 3.63) is 23.7 Å². The summed E-state index contributed by atoms with van der Waals surface area (Å²) in [6.45, 7) is 4.03. The molecule has 0 aromatic carbocycles. The van der Waals surface area contributed by atoms with E-state index in [2.05, 4.69) is 4.72 Å². The van der Waals surface area contributed by atoms with Crippen LogP contribution in [-0.4, -0.2) is 57.8 Å². The maximum atomic E-state index is 12.7. The molecule has 1 aromatic heterocycles. The lowest BCUT2D eigenvalue weighted by Crippen LogP contribution is -2.52. The Labute approximate surface area is 142 Å². The summed E-state index contributed by atoms with van der Waals surface area (Å²) in [5, 5.41) is 0. The van der Waals surface area contributed by atoms with E-state index in [-0.39, 0.29) is 17.4 Å². The van der Waals surface area contributed by atoms with Crippen LogP contribution in [-0.2, 0) is 14.8 Å². The van der Waals surface area contributed by atoms with E-state index in [0.717, 1.165) is 19.1 Å². The highest BCUT2D eigenvalue weighted by molar-refractivity contribution is 7.88. The van der Waals surface area contributed by atoms with Crippen LogP contribution in [0, 0.1) is 12.3 Å². The molecule has 2 saturated heterocycles. The summed E-state index contributed by atoms with van der Waals surface area (Å²) in [4.78, 5) is 14.5. The molecule has 2 aliphatic rings. The van der Waals surface area contributed by atoms with Crippen molar-refractivity contribution in [2.45, 2.75) is 32.3 Å². The van der Waals surface area contributed by atoms with E-state index in [0.29, 0.717) is 44.2 Å². The first kappa shape index (κ1) is 17.4. The minimum absolute atomic E-state index is 0.0845. The Morgan fingerprint density at radius 2 is 2.25 bits per heavy atom. The van der Waals surface area contributed by atoms with Gasteiger partial charge in [0.1, 0.15) is 5.76 Å². The number of fused-ring (bicyclic) bond motifs is 1. The summed E-state index contributed by atoms with van der Waals surface area (Å²) in [6.07, 6.45) is 3.50. The third kappa shape index (κ3) is 3.65. The molecule has 24 heavy (non-hydrogen) atoms. The maximum Gasteiger partial charge on any atom is 0.289 e. The Morgan fingerprint density at radius 1 is 1.46 bits per heavy atom. The van der Waals surface area contributed by atoms with E-state index in [4.69, 9.17) is 9.15 Å². The number of ether oxygens (including phenoxy) is 1. The van der Waals surface area contributed by atoms with Gasteiger partial charge < -0.3 is 14.1 Å². The molecular weight excluding hydrogens is 332 g/mol. The zero-order chi connectivity index (χ0) is 17.4. The van der Waals surface area contributed by atoms with E-state index in [9.17, 15) is 13.2 Å². The summed E-state index contributed by atoms with van der Waals surface area (Å²) >= 11 is 0. The summed E-state index contributed by atoms with van der Waals surface area (Å²) < 4.78 is 36.5. The third-order valence-electron chi connectivity index (χ3n) is 4.99. The van der Waals surface area contributed by atoms with Crippen molar-refractivity contribution in [2.24, 2.45) is 5.41 Å². The van der Waals surface area contributed by atoms with Gasteiger partial charge in [-0.2, -0.15) is 0 Å². The first-order chi connectivity index (χ1) is 11.3. The van der Waals surface area contributed by atoms with Crippen molar-refractivity contribution in [2.75, 3.05) is 32.5 Å². The van der Waals surface area contributed by atoms with Crippen LogP contribution in [0.4, 0.5) is 0 Å². The van der Waals surface area contributed by atoms with E-state index < -0.39 is 10.0 Å². The van der Waals surface area contributed by atoms with Crippen molar-refractivity contribution >= 4 is 15.9 Å². The largest absolute Gasteiger partial charge is 0.456 e. The highest BCUT2D eigenvalue weighted by Gasteiger charge is 2.48. The van der Waals surface area contributed by atoms with Gasteiger partial charge in [0.15, 0.2) is 5.76 Å². The van der Waals surface area contributed by atoms with Crippen molar-refractivity contribution in [3.63, 3.8) is 0 Å². The Bertz CT molecular complexity index is 714. The molecule has 3 rings (SSSR count). The second-order valence-corrected chi connectivity index (χ2v) is 8.65. The maximum absolute atomic E-state index is 12.7. The number of furan rings is 1. The Kier molecular flexibility index (Phi) is 4.72. The minimum Gasteiger partial charge on any atom is -0.456 e. The fourth-order valence-electron chi connectivity index (χ4n) is 3.77. The fourth-order valence-corrected chi connectivity index (χ4v) is 4.25. The van der Waals surface area contributed by atoms with Crippen molar-refractivity contribution < 1.29 is 22.4 Å². The lowest BCUT2D eigenvalue weighted by atomic mass is 9.74. The molecule has 0 aliphatic carbocycles. The lowest BCUT2D eigenvalue weighted by molar-refractivity contribution is -0.0167. The Morgan fingerprint density at radius 3 is 2.92 bits per heavy atom. The monoisotopic (exact) mass is 356 g/mol. The number of nitrogens with one attached hydrogen (secondary N) is 1. The van der Waals surface area contributed by atoms with E-state index in [1.54, 1.807) is 12.1 Å². The number of hydrogen-bond donors (Lipinski definition) is 1. The number of rotatable bonds is 5. The van der Waals surface area contributed by atoms with Crippen molar-refractivity contribution in [3.8, 4) is 0 Å². The fraction of sp³-hybridized carbons (Fsp3) is 0.688. The van der Waals surface area contributed by atoms with Gasteiger partial charge in [0, 0.05) is 31.7 Å².